The summed E-state index contributed by atoms with van der Waals surface area (Å²) < 4.78 is 7.24. The van der Waals surface area contributed by atoms with Crippen molar-refractivity contribution >= 4 is 27.6 Å². The molecule has 1 heterocycles. The molecule has 1 aromatic heterocycles. The van der Waals surface area contributed by atoms with E-state index in [1.54, 1.807) is 18.5 Å². The third-order valence-electron chi connectivity index (χ3n) is 2.63. The van der Waals surface area contributed by atoms with Crippen molar-refractivity contribution in [3.05, 3.63) is 40.4 Å². The highest BCUT2D eigenvalue weighted by Gasteiger charge is 2.11. The van der Waals surface area contributed by atoms with Gasteiger partial charge in [-0.3, -0.25) is 0 Å². The van der Waals surface area contributed by atoms with Gasteiger partial charge in [-0.2, -0.15) is 0 Å². The van der Waals surface area contributed by atoms with Gasteiger partial charge >= 0.3 is 5.97 Å². The molecule has 2 rings (SSSR count). The van der Waals surface area contributed by atoms with Crippen LogP contribution in [0.5, 0.6) is 0 Å². The Labute approximate surface area is 118 Å². The minimum atomic E-state index is -0.380. The third kappa shape index (κ3) is 3.11. The molecule has 1 N–H and O–H groups in total. The van der Waals surface area contributed by atoms with E-state index in [-0.39, 0.29) is 5.97 Å². The van der Waals surface area contributed by atoms with Crippen LogP contribution in [0.3, 0.4) is 0 Å². The number of aromatic nitrogens is 3. The molecule has 0 unspecified atom stereocenters. The fraction of sp³-hybridized carbons (Fsp3) is 0.250. The highest BCUT2D eigenvalue weighted by atomic mass is 79.9. The van der Waals surface area contributed by atoms with E-state index in [4.69, 9.17) is 4.74 Å². The summed E-state index contributed by atoms with van der Waals surface area (Å²) in [6, 6.07) is 5.39. The summed E-state index contributed by atoms with van der Waals surface area (Å²) in [6.45, 7) is 0.527. The molecule has 0 saturated carbocycles. The zero-order valence-electron chi connectivity index (χ0n) is 10.6. The van der Waals surface area contributed by atoms with Crippen molar-refractivity contribution in [3.8, 4) is 0 Å². The lowest BCUT2D eigenvalue weighted by molar-refractivity contribution is 0.0600. The summed E-state index contributed by atoms with van der Waals surface area (Å²) in [5.74, 6) is 0.428. The van der Waals surface area contributed by atoms with Crippen LogP contribution in [0.1, 0.15) is 16.2 Å². The first-order valence-electron chi connectivity index (χ1n) is 5.56. The molecule has 100 valence electrons. The summed E-state index contributed by atoms with van der Waals surface area (Å²) >= 11 is 3.32. The molecular weight excluding hydrogens is 312 g/mol. The predicted octanol–water partition coefficient (Wildman–Crippen LogP) is 1.98. The number of esters is 1. The molecule has 0 aliphatic heterocycles. The van der Waals surface area contributed by atoms with E-state index >= 15 is 0 Å². The van der Waals surface area contributed by atoms with Crippen molar-refractivity contribution in [2.45, 2.75) is 6.54 Å². The molecule has 0 aliphatic carbocycles. The van der Waals surface area contributed by atoms with Gasteiger partial charge in [0.05, 0.1) is 19.2 Å². The molecular formula is C12H13BrN4O2. The van der Waals surface area contributed by atoms with Crippen molar-refractivity contribution in [2.24, 2.45) is 7.05 Å². The second kappa shape index (κ2) is 5.83. The Bertz CT molecular complexity index is 597. The Morgan fingerprint density at radius 3 is 2.95 bits per heavy atom. The largest absolute Gasteiger partial charge is 0.465 e. The van der Waals surface area contributed by atoms with E-state index in [2.05, 4.69) is 31.4 Å². The van der Waals surface area contributed by atoms with Crippen molar-refractivity contribution in [1.29, 1.82) is 0 Å². The van der Waals surface area contributed by atoms with Gasteiger partial charge in [-0.25, -0.2) is 4.79 Å². The molecule has 19 heavy (non-hydrogen) atoms. The van der Waals surface area contributed by atoms with Crippen LogP contribution < -0.4 is 5.32 Å². The lowest BCUT2D eigenvalue weighted by Gasteiger charge is -2.08. The van der Waals surface area contributed by atoms with Crippen LogP contribution in [0, 0.1) is 0 Å². The SMILES string of the molecule is COC(=O)c1cc(NCc2nncn2C)ccc1Br. The number of halogens is 1. The number of nitrogens with one attached hydrogen (secondary N) is 1. The monoisotopic (exact) mass is 324 g/mol. The Balaban J connectivity index is 2.13. The molecule has 0 bridgehead atoms. The Hall–Kier alpha value is -1.89. The zero-order chi connectivity index (χ0) is 13.8. The van der Waals surface area contributed by atoms with E-state index in [1.165, 1.54) is 7.11 Å². The standard InChI is InChI=1S/C12H13BrN4O2/c1-17-7-15-16-11(17)6-14-8-3-4-10(13)9(5-8)12(18)19-2/h3-5,7,14H,6H2,1-2H3. The molecule has 0 saturated heterocycles. The highest BCUT2D eigenvalue weighted by Crippen LogP contribution is 2.22. The number of anilines is 1. The molecule has 0 aliphatic rings. The lowest BCUT2D eigenvalue weighted by Crippen LogP contribution is -2.07. The van der Waals surface area contributed by atoms with Crippen LogP contribution in [0.25, 0.3) is 0 Å². The topological polar surface area (TPSA) is 69.0 Å². The van der Waals surface area contributed by atoms with Crippen molar-refractivity contribution in [3.63, 3.8) is 0 Å². The van der Waals surface area contributed by atoms with Crippen LogP contribution in [-0.4, -0.2) is 27.8 Å². The van der Waals surface area contributed by atoms with Crippen molar-refractivity contribution in [1.82, 2.24) is 14.8 Å². The molecule has 0 amide bonds. The van der Waals surface area contributed by atoms with Gasteiger partial charge in [0.25, 0.3) is 0 Å². The van der Waals surface area contributed by atoms with Gasteiger partial charge in [0.1, 0.15) is 6.33 Å². The number of carbonyl (C=O) groups excluding carboxylic acids is 1. The third-order valence-corrected chi connectivity index (χ3v) is 3.32. The Morgan fingerprint density at radius 2 is 2.32 bits per heavy atom. The van der Waals surface area contributed by atoms with Crippen LogP contribution in [-0.2, 0) is 18.3 Å². The van der Waals surface area contributed by atoms with Gasteiger partial charge in [-0.05, 0) is 34.1 Å². The van der Waals surface area contributed by atoms with E-state index in [0.717, 1.165) is 11.5 Å². The summed E-state index contributed by atoms with van der Waals surface area (Å²) in [7, 11) is 3.23. The van der Waals surface area contributed by atoms with Crippen LogP contribution in [0.4, 0.5) is 5.69 Å². The maximum absolute atomic E-state index is 11.6. The second-order valence-corrected chi connectivity index (χ2v) is 4.75. The normalized spacial score (nSPS) is 10.3. The van der Waals surface area contributed by atoms with Gasteiger partial charge < -0.3 is 14.6 Å². The average Bonchev–Trinajstić information content (AvgIpc) is 2.82. The second-order valence-electron chi connectivity index (χ2n) is 3.90. The molecule has 6 nitrogen and oxygen atoms in total. The number of rotatable bonds is 4. The smallest absolute Gasteiger partial charge is 0.339 e. The van der Waals surface area contributed by atoms with Gasteiger partial charge in [0.15, 0.2) is 5.82 Å². The fourth-order valence-electron chi connectivity index (χ4n) is 1.55. The van der Waals surface area contributed by atoms with Crippen LogP contribution in [0.15, 0.2) is 29.0 Å². The Kier molecular flexibility index (Phi) is 4.16. The lowest BCUT2D eigenvalue weighted by atomic mass is 10.2. The molecule has 0 atom stereocenters. The number of methoxy groups -OCH3 is 1. The maximum atomic E-state index is 11.6. The molecule has 2 aromatic rings. The molecule has 0 spiro atoms. The number of hydrogen-bond donors (Lipinski definition) is 1. The quantitative estimate of drug-likeness (QED) is 0.871. The van der Waals surface area contributed by atoms with E-state index in [9.17, 15) is 4.79 Å². The number of ether oxygens (including phenoxy) is 1. The van der Waals surface area contributed by atoms with E-state index < -0.39 is 0 Å². The highest BCUT2D eigenvalue weighted by molar-refractivity contribution is 9.10. The first kappa shape index (κ1) is 13.5. The molecule has 7 heteroatoms. The number of nitrogens with zero attached hydrogens (tertiary/aromatic N) is 3. The van der Waals surface area contributed by atoms with Gasteiger partial charge in [0, 0.05) is 17.2 Å². The summed E-state index contributed by atoms with van der Waals surface area (Å²) in [5, 5.41) is 11.0. The maximum Gasteiger partial charge on any atom is 0.339 e. The van der Waals surface area contributed by atoms with Gasteiger partial charge in [0.2, 0.25) is 0 Å². The first-order valence-corrected chi connectivity index (χ1v) is 6.35. The molecule has 1 aromatic carbocycles. The van der Waals surface area contributed by atoms with Crippen molar-refractivity contribution in [2.75, 3.05) is 12.4 Å². The Morgan fingerprint density at radius 1 is 1.53 bits per heavy atom. The van der Waals surface area contributed by atoms with E-state index in [1.807, 2.05) is 17.7 Å². The number of hydrogen-bond acceptors (Lipinski definition) is 5. The summed E-state index contributed by atoms with van der Waals surface area (Å²) in [4.78, 5) is 11.6. The molecule has 0 fully saturated rings. The van der Waals surface area contributed by atoms with Gasteiger partial charge in [-0.1, -0.05) is 0 Å². The minimum Gasteiger partial charge on any atom is -0.465 e. The van der Waals surface area contributed by atoms with Crippen LogP contribution in [0.2, 0.25) is 0 Å². The number of benzene rings is 1. The number of aryl methyl sites for hydroxylation is 1. The van der Waals surface area contributed by atoms with Gasteiger partial charge in [-0.15, -0.1) is 10.2 Å². The molecule has 0 radical (unpaired) electrons. The number of carbonyl (C=O) groups is 1. The fourth-order valence-corrected chi connectivity index (χ4v) is 1.96. The van der Waals surface area contributed by atoms with E-state index in [0.29, 0.717) is 16.6 Å². The minimum absolute atomic E-state index is 0.380. The first-order chi connectivity index (χ1) is 9.11. The zero-order valence-corrected chi connectivity index (χ0v) is 12.1. The predicted molar refractivity (Wildman–Crippen MR) is 73.8 cm³/mol. The summed E-state index contributed by atoms with van der Waals surface area (Å²) in [6.07, 6.45) is 1.64. The van der Waals surface area contributed by atoms with Crippen LogP contribution >= 0.6 is 15.9 Å². The van der Waals surface area contributed by atoms with Crippen molar-refractivity contribution < 1.29 is 9.53 Å². The summed E-state index contributed by atoms with van der Waals surface area (Å²) in [5.41, 5.74) is 1.29. The average molecular weight is 325 g/mol.